The molecule has 0 unspecified atom stereocenters. The number of hydrogen-bond acceptors (Lipinski definition) is 7. The van der Waals surface area contributed by atoms with Crippen LogP contribution >= 0.6 is 0 Å². The first kappa shape index (κ1) is 26.7. The number of methoxy groups -OCH3 is 1. The normalized spacial score (nSPS) is 26.6. The Morgan fingerprint density at radius 2 is 1.76 bits per heavy atom. The Labute approximate surface area is 226 Å². The number of aromatic nitrogens is 2. The lowest BCUT2D eigenvalue weighted by molar-refractivity contribution is -0.137. The van der Waals surface area contributed by atoms with Crippen LogP contribution in [0.5, 0.6) is 5.75 Å². The van der Waals surface area contributed by atoms with Gasteiger partial charge in [-0.3, -0.25) is 4.79 Å². The lowest BCUT2D eigenvalue weighted by atomic mass is 9.81. The zero-order chi connectivity index (χ0) is 26.5. The molecule has 1 aliphatic heterocycles. The second-order valence-corrected chi connectivity index (χ2v) is 11.6. The van der Waals surface area contributed by atoms with E-state index >= 15 is 0 Å². The summed E-state index contributed by atoms with van der Waals surface area (Å²) in [5, 5.41) is 17.0. The molecule has 1 saturated heterocycles. The summed E-state index contributed by atoms with van der Waals surface area (Å²) >= 11 is 0. The van der Waals surface area contributed by atoms with Crippen molar-refractivity contribution in [3.63, 3.8) is 0 Å². The fourth-order valence-electron chi connectivity index (χ4n) is 6.29. The van der Waals surface area contributed by atoms with Gasteiger partial charge in [-0.2, -0.15) is 4.98 Å². The summed E-state index contributed by atoms with van der Waals surface area (Å²) < 4.78 is 5.35. The van der Waals surface area contributed by atoms with Crippen LogP contribution in [0, 0.1) is 11.8 Å². The van der Waals surface area contributed by atoms with Gasteiger partial charge in [-0.1, -0.05) is 13.0 Å². The van der Waals surface area contributed by atoms with Gasteiger partial charge in [0, 0.05) is 48.6 Å². The van der Waals surface area contributed by atoms with E-state index < -0.39 is 0 Å². The smallest absolute Gasteiger partial charge is 0.229 e. The average Bonchev–Trinajstić information content (AvgIpc) is 2.95. The van der Waals surface area contributed by atoms with Crippen molar-refractivity contribution in [2.45, 2.75) is 89.2 Å². The predicted octanol–water partition coefficient (Wildman–Crippen LogP) is 5.48. The molecule has 2 aromatic rings. The molecule has 2 aliphatic carbocycles. The third kappa shape index (κ3) is 6.57. The molecule has 38 heavy (non-hydrogen) atoms. The summed E-state index contributed by atoms with van der Waals surface area (Å²) in [7, 11) is 1.65. The molecule has 2 heterocycles. The van der Waals surface area contributed by atoms with Crippen LogP contribution in [0.15, 0.2) is 30.5 Å². The summed E-state index contributed by atoms with van der Waals surface area (Å²) in [6, 6.07) is 8.02. The summed E-state index contributed by atoms with van der Waals surface area (Å²) in [6.07, 6.45) is 11.5. The van der Waals surface area contributed by atoms with E-state index in [1.54, 1.807) is 7.11 Å². The van der Waals surface area contributed by atoms with E-state index in [-0.39, 0.29) is 18.1 Å². The van der Waals surface area contributed by atoms with E-state index in [0.717, 1.165) is 93.2 Å². The molecular formula is C30H43N5O3. The first-order valence-corrected chi connectivity index (χ1v) is 14.5. The molecule has 5 rings (SSSR count). The number of nitrogens with zero attached hydrogens (tertiary/aromatic N) is 3. The number of carbonyl (C=O) groups excluding carboxylic acids is 1. The number of nitrogens with one attached hydrogen (secondary N) is 2. The highest BCUT2D eigenvalue weighted by Gasteiger charge is 2.32. The lowest BCUT2D eigenvalue weighted by Gasteiger charge is -2.36. The van der Waals surface area contributed by atoms with Gasteiger partial charge in [0.1, 0.15) is 11.6 Å². The molecule has 3 aliphatic rings. The Balaban J connectivity index is 1.29. The Kier molecular flexibility index (Phi) is 8.67. The Hall–Kier alpha value is -2.87. The molecule has 0 atom stereocenters. The largest absolute Gasteiger partial charge is 0.497 e. The van der Waals surface area contributed by atoms with E-state index in [1.807, 2.05) is 30.5 Å². The first-order chi connectivity index (χ1) is 18.5. The quantitative estimate of drug-likeness (QED) is 0.444. The van der Waals surface area contributed by atoms with E-state index in [2.05, 4.69) is 27.4 Å². The topological polar surface area (TPSA) is 99.6 Å². The standard InChI is InChI=1S/C30H43N5O3/c1-20-6-8-22(9-7-20)29(37)35-16-14-21(15-17-35)27-19-31-30(33-24-4-3-5-26(18-24)38-2)34-28(27)32-23-10-12-25(36)13-11-23/h3-5,18-23,25,36H,6-17H2,1-2H3,(H2,31,32,33,34)/t20-,22-,23-,25-. The number of amides is 1. The van der Waals surface area contributed by atoms with E-state index in [4.69, 9.17) is 9.72 Å². The van der Waals surface area contributed by atoms with Crippen LogP contribution in [0.3, 0.4) is 0 Å². The number of piperidine rings is 1. The molecule has 0 radical (unpaired) electrons. The van der Waals surface area contributed by atoms with Crippen molar-refractivity contribution in [1.82, 2.24) is 14.9 Å². The molecule has 1 aromatic carbocycles. The van der Waals surface area contributed by atoms with Gasteiger partial charge in [-0.25, -0.2) is 4.98 Å². The maximum Gasteiger partial charge on any atom is 0.229 e. The molecule has 8 nitrogen and oxygen atoms in total. The second-order valence-electron chi connectivity index (χ2n) is 11.6. The van der Waals surface area contributed by atoms with Gasteiger partial charge < -0.3 is 25.4 Å². The third-order valence-electron chi connectivity index (χ3n) is 8.79. The van der Waals surface area contributed by atoms with Gasteiger partial charge in [-0.15, -0.1) is 0 Å². The van der Waals surface area contributed by atoms with E-state index in [0.29, 0.717) is 17.8 Å². The number of rotatable bonds is 7. The maximum atomic E-state index is 13.2. The summed E-state index contributed by atoms with van der Waals surface area (Å²) in [5.74, 6) is 3.83. The monoisotopic (exact) mass is 521 g/mol. The van der Waals surface area contributed by atoms with Gasteiger partial charge in [0.2, 0.25) is 11.9 Å². The number of carbonyl (C=O) groups is 1. The molecular weight excluding hydrogens is 478 g/mol. The highest BCUT2D eigenvalue weighted by molar-refractivity contribution is 5.79. The number of anilines is 3. The number of benzene rings is 1. The van der Waals surface area contributed by atoms with Gasteiger partial charge in [0.15, 0.2) is 0 Å². The molecule has 2 saturated carbocycles. The molecule has 8 heteroatoms. The fraction of sp³-hybridized carbons (Fsp3) is 0.633. The third-order valence-corrected chi connectivity index (χ3v) is 8.79. The van der Waals surface area contributed by atoms with Crippen molar-refractivity contribution in [1.29, 1.82) is 0 Å². The molecule has 1 amide bonds. The highest BCUT2D eigenvalue weighted by Crippen LogP contribution is 2.36. The lowest BCUT2D eigenvalue weighted by Crippen LogP contribution is -2.42. The van der Waals surface area contributed by atoms with Crippen molar-refractivity contribution in [3.8, 4) is 5.75 Å². The number of hydrogen-bond donors (Lipinski definition) is 3. The van der Waals surface area contributed by atoms with Gasteiger partial charge >= 0.3 is 0 Å². The van der Waals surface area contributed by atoms with Crippen LogP contribution in [0.4, 0.5) is 17.5 Å². The molecule has 3 fully saturated rings. The second kappa shape index (κ2) is 12.3. The minimum atomic E-state index is -0.197. The van der Waals surface area contributed by atoms with E-state index in [9.17, 15) is 9.90 Å². The van der Waals surface area contributed by atoms with Crippen LogP contribution in [-0.2, 0) is 4.79 Å². The van der Waals surface area contributed by atoms with Gasteiger partial charge in [0.25, 0.3) is 0 Å². The Morgan fingerprint density at radius 3 is 2.47 bits per heavy atom. The maximum absolute atomic E-state index is 13.2. The molecule has 0 bridgehead atoms. The molecule has 1 aromatic heterocycles. The first-order valence-electron chi connectivity index (χ1n) is 14.5. The van der Waals surface area contributed by atoms with Crippen LogP contribution in [0.25, 0.3) is 0 Å². The zero-order valence-corrected chi connectivity index (χ0v) is 22.9. The Bertz CT molecular complexity index is 1070. The number of aliphatic hydroxyl groups excluding tert-OH is 1. The van der Waals surface area contributed by atoms with E-state index in [1.165, 1.54) is 12.8 Å². The van der Waals surface area contributed by atoms with Crippen molar-refractivity contribution in [2.75, 3.05) is 30.8 Å². The highest BCUT2D eigenvalue weighted by atomic mass is 16.5. The summed E-state index contributed by atoms with van der Waals surface area (Å²) in [4.78, 5) is 24.9. The van der Waals surface area contributed by atoms with Gasteiger partial charge in [0.05, 0.1) is 13.2 Å². The number of ether oxygens (including phenoxy) is 1. The number of aliphatic hydroxyl groups is 1. The van der Waals surface area contributed by atoms with Crippen molar-refractivity contribution in [2.24, 2.45) is 11.8 Å². The van der Waals surface area contributed by atoms with Crippen LogP contribution in [-0.4, -0.2) is 58.2 Å². The van der Waals surface area contributed by atoms with Crippen LogP contribution < -0.4 is 15.4 Å². The minimum Gasteiger partial charge on any atom is -0.497 e. The number of likely N-dealkylation sites (tertiary alicyclic amines) is 1. The van der Waals surface area contributed by atoms with Gasteiger partial charge in [-0.05, 0) is 88.2 Å². The average molecular weight is 522 g/mol. The van der Waals surface area contributed by atoms with Crippen molar-refractivity contribution >= 4 is 23.4 Å². The zero-order valence-electron chi connectivity index (χ0n) is 22.9. The summed E-state index contributed by atoms with van der Waals surface area (Å²) in [6.45, 7) is 3.90. The molecule has 0 spiro atoms. The molecule has 206 valence electrons. The van der Waals surface area contributed by atoms with Crippen molar-refractivity contribution < 1.29 is 14.6 Å². The van der Waals surface area contributed by atoms with Crippen LogP contribution in [0.1, 0.15) is 82.6 Å². The van der Waals surface area contributed by atoms with Crippen molar-refractivity contribution in [3.05, 3.63) is 36.0 Å². The molecule has 3 N–H and O–H groups in total. The minimum absolute atomic E-state index is 0.197. The predicted molar refractivity (Wildman–Crippen MR) is 150 cm³/mol. The summed E-state index contributed by atoms with van der Waals surface area (Å²) in [5.41, 5.74) is 2.00. The Morgan fingerprint density at radius 1 is 1.03 bits per heavy atom. The SMILES string of the molecule is COc1cccc(Nc2ncc(C3CCN(C(=O)[C@H]4CC[C@H](C)CC4)CC3)c(N[C@H]3CC[C@H](O)CC3)n2)c1. The van der Waals surface area contributed by atoms with Crippen LogP contribution in [0.2, 0.25) is 0 Å². The fourth-order valence-corrected chi connectivity index (χ4v) is 6.29.